The quantitative estimate of drug-likeness (QED) is 0.191. The summed E-state index contributed by atoms with van der Waals surface area (Å²) in [5.41, 5.74) is 2.55. The Bertz CT molecular complexity index is 1630. The van der Waals surface area contributed by atoms with Crippen LogP contribution < -0.4 is 9.47 Å². The van der Waals surface area contributed by atoms with Crippen LogP contribution in [-0.2, 0) is 16.0 Å². The highest BCUT2D eigenvalue weighted by atomic mass is 32.2. The predicted octanol–water partition coefficient (Wildman–Crippen LogP) is 5.58. The first-order valence-electron chi connectivity index (χ1n) is 12.5. The molecule has 3 aromatic carbocycles. The lowest BCUT2D eigenvalue weighted by Crippen LogP contribution is -2.45. The number of aliphatic carboxylic acids is 1. The molecule has 1 fully saturated rings. The van der Waals surface area contributed by atoms with Crippen LogP contribution in [0.15, 0.2) is 83.8 Å². The molecule has 0 unspecified atom stereocenters. The monoisotopic (exact) mass is 587 g/mol. The predicted molar refractivity (Wildman–Crippen MR) is 160 cm³/mol. The number of nitrogens with zero attached hydrogens (tertiary/aromatic N) is 3. The number of aryl methyl sites for hydroxylation is 1. The number of phenolic OH excluding ortho intramolecular Hbond substituents is 1. The molecule has 0 bridgehead atoms. The van der Waals surface area contributed by atoms with Crippen molar-refractivity contribution in [3.05, 3.63) is 101 Å². The van der Waals surface area contributed by atoms with E-state index in [1.165, 1.54) is 12.1 Å². The molecule has 2 heterocycles. The Morgan fingerprint density at radius 1 is 1.05 bits per heavy atom. The number of amides is 1. The molecule has 0 spiro atoms. The van der Waals surface area contributed by atoms with Gasteiger partial charge in [0.15, 0.2) is 0 Å². The summed E-state index contributed by atoms with van der Waals surface area (Å²) < 4.78 is 13.3. The Hall–Kier alpha value is -4.61. The van der Waals surface area contributed by atoms with E-state index in [9.17, 15) is 19.8 Å². The normalized spacial score (nSPS) is 14.9. The molecular formula is C30H25N3O6S2. The molecule has 41 heavy (non-hydrogen) atoms. The highest BCUT2D eigenvalue weighted by molar-refractivity contribution is 8.26. The van der Waals surface area contributed by atoms with Crippen molar-refractivity contribution >= 4 is 46.3 Å². The number of aromatic nitrogens is 2. The first-order valence-corrected chi connectivity index (χ1v) is 13.7. The summed E-state index contributed by atoms with van der Waals surface area (Å²) in [6, 6.07) is 21.5. The minimum absolute atomic E-state index is 0.0200. The molecule has 0 radical (unpaired) electrons. The van der Waals surface area contributed by atoms with E-state index < -0.39 is 17.9 Å². The average Bonchev–Trinajstić information content (AvgIpc) is 3.43. The number of aromatic hydroxyl groups is 1. The van der Waals surface area contributed by atoms with E-state index in [0.717, 1.165) is 22.3 Å². The fraction of sp³-hybridized carbons (Fsp3) is 0.133. The van der Waals surface area contributed by atoms with Crippen LogP contribution >= 0.6 is 24.0 Å². The van der Waals surface area contributed by atoms with Crippen LogP contribution in [0.1, 0.15) is 16.8 Å². The highest BCUT2D eigenvalue weighted by Gasteiger charge is 2.41. The van der Waals surface area contributed by atoms with Crippen LogP contribution in [0, 0.1) is 6.92 Å². The number of benzene rings is 3. The first kappa shape index (κ1) is 27.9. The number of para-hydroxylation sites is 1. The minimum atomic E-state index is -1.22. The molecule has 4 aromatic rings. The lowest BCUT2D eigenvalue weighted by Gasteiger charge is -2.23. The largest absolute Gasteiger partial charge is 0.508 e. The summed E-state index contributed by atoms with van der Waals surface area (Å²) >= 11 is 6.50. The SMILES string of the molecule is COc1ccc(Oc2c(/C=C3\SC(=S)N([C@@H](Cc4ccc(O)cc4)C(=O)O)C3=O)c(C)nn2-c2ccccc2)cc1. The number of hydrogen-bond donors (Lipinski definition) is 2. The summed E-state index contributed by atoms with van der Waals surface area (Å²) in [5.74, 6) is -0.0591. The van der Waals surface area contributed by atoms with Crippen molar-refractivity contribution in [2.75, 3.05) is 7.11 Å². The van der Waals surface area contributed by atoms with E-state index in [4.69, 9.17) is 21.7 Å². The molecule has 5 rings (SSSR count). The molecule has 1 atom stereocenters. The van der Waals surface area contributed by atoms with E-state index in [2.05, 4.69) is 5.10 Å². The molecule has 1 aromatic heterocycles. The van der Waals surface area contributed by atoms with Crippen molar-refractivity contribution in [1.82, 2.24) is 14.7 Å². The van der Waals surface area contributed by atoms with Gasteiger partial charge < -0.3 is 19.7 Å². The number of thiocarbonyl (C=S) groups is 1. The number of carbonyl (C=O) groups excluding carboxylic acids is 1. The van der Waals surface area contributed by atoms with Gasteiger partial charge in [-0.2, -0.15) is 9.78 Å². The Morgan fingerprint density at radius 2 is 1.71 bits per heavy atom. The number of thioether (sulfide) groups is 1. The Morgan fingerprint density at radius 3 is 2.34 bits per heavy atom. The number of hydrogen-bond acceptors (Lipinski definition) is 8. The second kappa shape index (κ2) is 11.9. The topological polar surface area (TPSA) is 114 Å². The van der Waals surface area contributed by atoms with Crippen LogP contribution in [0.5, 0.6) is 23.1 Å². The zero-order valence-electron chi connectivity index (χ0n) is 22.1. The molecule has 2 N–H and O–H groups in total. The van der Waals surface area contributed by atoms with E-state index in [0.29, 0.717) is 34.2 Å². The Labute approximate surface area is 245 Å². The van der Waals surface area contributed by atoms with Gasteiger partial charge in [0, 0.05) is 6.42 Å². The van der Waals surface area contributed by atoms with Crippen LogP contribution in [0.25, 0.3) is 11.8 Å². The number of rotatable bonds is 9. The van der Waals surface area contributed by atoms with Crippen molar-refractivity contribution in [3.8, 4) is 28.8 Å². The van der Waals surface area contributed by atoms with Crippen LogP contribution in [0.2, 0.25) is 0 Å². The van der Waals surface area contributed by atoms with Gasteiger partial charge in [0.2, 0.25) is 5.88 Å². The number of phenols is 1. The van der Waals surface area contributed by atoms with Gasteiger partial charge in [-0.3, -0.25) is 9.69 Å². The van der Waals surface area contributed by atoms with E-state index in [1.807, 2.05) is 30.3 Å². The molecule has 0 saturated carbocycles. The number of carboxylic acids is 1. The molecule has 1 aliphatic heterocycles. The molecule has 9 nitrogen and oxygen atoms in total. The van der Waals surface area contributed by atoms with Gasteiger partial charge in [-0.1, -0.05) is 54.3 Å². The Balaban J connectivity index is 1.52. The zero-order valence-corrected chi connectivity index (χ0v) is 23.7. The van der Waals surface area contributed by atoms with Gasteiger partial charge in [0.1, 0.15) is 27.6 Å². The van der Waals surface area contributed by atoms with Crippen molar-refractivity contribution in [1.29, 1.82) is 0 Å². The smallest absolute Gasteiger partial charge is 0.327 e. The minimum Gasteiger partial charge on any atom is -0.508 e. The van der Waals surface area contributed by atoms with Gasteiger partial charge in [-0.25, -0.2) is 4.79 Å². The van der Waals surface area contributed by atoms with Crippen LogP contribution in [-0.4, -0.2) is 54.2 Å². The van der Waals surface area contributed by atoms with Crippen molar-refractivity contribution in [3.63, 3.8) is 0 Å². The van der Waals surface area contributed by atoms with Crippen molar-refractivity contribution < 1.29 is 29.3 Å². The maximum Gasteiger partial charge on any atom is 0.327 e. The zero-order chi connectivity index (χ0) is 29.1. The van der Waals surface area contributed by atoms with Gasteiger partial charge in [0.25, 0.3) is 5.91 Å². The average molecular weight is 588 g/mol. The van der Waals surface area contributed by atoms with Gasteiger partial charge in [0.05, 0.1) is 29.0 Å². The number of carboxylic acid groups (broad SMARTS) is 1. The third-order valence-electron chi connectivity index (χ3n) is 6.40. The highest BCUT2D eigenvalue weighted by Crippen LogP contribution is 2.39. The molecule has 0 aliphatic carbocycles. The van der Waals surface area contributed by atoms with Crippen LogP contribution in [0.4, 0.5) is 0 Å². The van der Waals surface area contributed by atoms with Gasteiger partial charge >= 0.3 is 5.97 Å². The lowest BCUT2D eigenvalue weighted by atomic mass is 10.0. The summed E-state index contributed by atoms with van der Waals surface area (Å²) in [4.78, 5) is 27.2. The third kappa shape index (κ3) is 5.96. The summed E-state index contributed by atoms with van der Waals surface area (Å²) in [6.45, 7) is 1.80. The number of carbonyl (C=O) groups is 2. The van der Waals surface area contributed by atoms with E-state index >= 15 is 0 Å². The Kier molecular flexibility index (Phi) is 8.09. The fourth-order valence-electron chi connectivity index (χ4n) is 4.31. The summed E-state index contributed by atoms with van der Waals surface area (Å²) in [7, 11) is 1.58. The summed E-state index contributed by atoms with van der Waals surface area (Å²) in [6.07, 6.45) is 1.66. The van der Waals surface area contributed by atoms with Crippen molar-refractivity contribution in [2.24, 2.45) is 0 Å². The first-order chi connectivity index (χ1) is 19.7. The maximum atomic E-state index is 13.6. The maximum absolute atomic E-state index is 13.6. The fourth-order valence-corrected chi connectivity index (χ4v) is 5.64. The van der Waals surface area contributed by atoms with Crippen LogP contribution in [0.3, 0.4) is 0 Å². The molecule has 1 aliphatic rings. The molecule has 1 saturated heterocycles. The number of methoxy groups -OCH3 is 1. The molecular weight excluding hydrogens is 562 g/mol. The molecule has 11 heteroatoms. The standard InChI is InChI=1S/C30H25N3O6S2/c1-18-24(28(33(31-18)20-6-4-3-5-7-20)39-23-14-12-22(38-2)13-15-23)17-26-27(35)32(30(40)41-26)25(29(36)37)16-19-8-10-21(34)11-9-19/h3-15,17,25,34H,16H2,1-2H3,(H,36,37)/b26-17-/t25-/m0/s1. The lowest BCUT2D eigenvalue weighted by molar-refractivity contribution is -0.145. The second-order valence-corrected chi connectivity index (χ2v) is 10.8. The van der Waals surface area contributed by atoms with E-state index in [1.54, 1.807) is 61.2 Å². The third-order valence-corrected chi connectivity index (χ3v) is 7.73. The number of ether oxygens (including phenoxy) is 2. The second-order valence-electron chi connectivity index (χ2n) is 9.11. The van der Waals surface area contributed by atoms with Gasteiger partial charge in [-0.15, -0.1) is 0 Å². The van der Waals surface area contributed by atoms with Crippen molar-refractivity contribution in [2.45, 2.75) is 19.4 Å². The van der Waals surface area contributed by atoms with Gasteiger partial charge in [-0.05, 0) is 67.1 Å². The molecule has 1 amide bonds. The summed E-state index contributed by atoms with van der Waals surface area (Å²) in [5, 5.41) is 24.3. The van der Waals surface area contributed by atoms with E-state index in [-0.39, 0.29) is 21.4 Å². The molecule has 208 valence electrons.